The van der Waals surface area contributed by atoms with Crippen molar-refractivity contribution < 1.29 is 5.11 Å². The van der Waals surface area contributed by atoms with Gasteiger partial charge in [0.25, 0.3) is 0 Å². The molecule has 0 heterocycles. The van der Waals surface area contributed by atoms with E-state index in [0.29, 0.717) is 0 Å². The maximum Gasteiger partial charge on any atom is 0.0636 e. The van der Waals surface area contributed by atoms with Crippen molar-refractivity contribution >= 4 is 0 Å². The molecule has 2 rings (SSSR count). The summed E-state index contributed by atoms with van der Waals surface area (Å²) in [7, 11) is 0. The van der Waals surface area contributed by atoms with Crippen molar-refractivity contribution in [2.45, 2.75) is 51.6 Å². The van der Waals surface area contributed by atoms with Crippen LogP contribution >= 0.6 is 0 Å². The fourth-order valence-electron chi connectivity index (χ4n) is 3.06. The molecule has 1 aromatic carbocycles. The molecule has 1 saturated carbocycles. The molecule has 1 N–H and O–H groups in total. The molecule has 0 aromatic heterocycles. The van der Waals surface area contributed by atoms with Gasteiger partial charge >= 0.3 is 0 Å². The molecule has 0 spiro atoms. The SMILES string of the molecule is CCC1(C(O)Cc2ccccc2)CCCC1. The third-order valence-electron chi connectivity index (χ3n) is 4.28. The van der Waals surface area contributed by atoms with Gasteiger partial charge in [-0.05, 0) is 36.7 Å². The Morgan fingerprint density at radius 3 is 2.38 bits per heavy atom. The van der Waals surface area contributed by atoms with Crippen molar-refractivity contribution in [3.63, 3.8) is 0 Å². The molecule has 0 saturated heterocycles. The van der Waals surface area contributed by atoms with Crippen LogP contribution in [-0.2, 0) is 6.42 Å². The van der Waals surface area contributed by atoms with Gasteiger partial charge in [-0.1, -0.05) is 50.1 Å². The van der Waals surface area contributed by atoms with Gasteiger partial charge in [-0.25, -0.2) is 0 Å². The Kier molecular flexibility index (Phi) is 3.65. The highest BCUT2D eigenvalue weighted by molar-refractivity contribution is 5.16. The van der Waals surface area contributed by atoms with Crippen LogP contribution in [0.1, 0.15) is 44.6 Å². The van der Waals surface area contributed by atoms with Crippen LogP contribution in [0.5, 0.6) is 0 Å². The van der Waals surface area contributed by atoms with Crippen molar-refractivity contribution in [3.8, 4) is 0 Å². The van der Waals surface area contributed by atoms with Crippen molar-refractivity contribution in [1.29, 1.82) is 0 Å². The lowest BCUT2D eigenvalue weighted by Crippen LogP contribution is -2.33. The Morgan fingerprint density at radius 2 is 1.81 bits per heavy atom. The van der Waals surface area contributed by atoms with Crippen LogP contribution in [0.15, 0.2) is 30.3 Å². The van der Waals surface area contributed by atoms with E-state index in [2.05, 4.69) is 31.2 Å². The van der Waals surface area contributed by atoms with Crippen molar-refractivity contribution in [3.05, 3.63) is 35.9 Å². The molecule has 16 heavy (non-hydrogen) atoms. The average Bonchev–Trinajstić information content (AvgIpc) is 2.80. The molecule has 0 radical (unpaired) electrons. The molecular weight excluding hydrogens is 196 g/mol. The molecule has 88 valence electrons. The molecule has 1 atom stereocenters. The van der Waals surface area contributed by atoms with Crippen molar-refractivity contribution in [1.82, 2.24) is 0 Å². The summed E-state index contributed by atoms with van der Waals surface area (Å²) >= 11 is 0. The van der Waals surface area contributed by atoms with Gasteiger partial charge in [0, 0.05) is 0 Å². The Morgan fingerprint density at radius 1 is 1.19 bits per heavy atom. The quantitative estimate of drug-likeness (QED) is 0.819. The Labute approximate surface area is 98.5 Å². The minimum absolute atomic E-state index is 0.164. The normalized spacial score (nSPS) is 20.9. The smallest absolute Gasteiger partial charge is 0.0636 e. The highest BCUT2D eigenvalue weighted by Gasteiger charge is 2.38. The summed E-state index contributed by atoms with van der Waals surface area (Å²) in [5.74, 6) is 0. The van der Waals surface area contributed by atoms with E-state index in [-0.39, 0.29) is 11.5 Å². The molecule has 1 heteroatoms. The Balaban J connectivity index is 2.04. The van der Waals surface area contributed by atoms with Gasteiger partial charge in [0.1, 0.15) is 0 Å². The Hall–Kier alpha value is -0.820. The molecule has 1 aliphatic rings. The molecule has 1 aliphatic carbocycles. The van der Waals surface area contributed by atoms with Crippen molar-refractivity contribution in [2.24, 2.45) is 5.41 Å². The van der Waals surface area contributed by atoms with Gasteiger partial charge in [-0.3, -0.25) is 0 Å². The lowest BCUT2D eigenvalue weighted by Gasteiger charge is -2.33. The monoisotopic (exact) mass is 218 g/mol. The van der Waals surface area contributed by atoms with E-state index >= 15 is 0 Å². The first-order valence-electron chi connectivity index (χ1n) is 6.49. The van der Waals surface area contributed by atoms with Crippen LogP contribution in [0.2, 0.25) is 0 Å². The first-order valence-corrected chi connectivity index (χ1v) is 6.49. The van der Waals surface area contributed by atoms with E-state index in [4.69, 9.17) is 0 Å². The summed E-state index contributed by atoms with van der Waals surface area (Å²) in [6.07, 6.45) is 6.76. The lowest BCUT2D eigenvalue weighted by molar-refractivity contribution is 0.0257. The second-order valence-electron chi connectivity index (χ2n) is 5.13. The summed E-state index contributed by atoms with van der Waals surface area (Å²) < 4.78 is 0. The summed E-state index contributed by atoms with van der Waals surface area (Å²) in [5.41, 5.74) is 1.46. The Bertz CT molecular complexity index is 311. The fourth-order valence-corrected chi connectivity index (χ4v) is 3.06. The van der Waals surface area contributed by atoms with E-state index in [1.165, 1.54) is 31.2 Å². The van der Waals surface area contributed by atoms with Crippen LogP contribution in [0, 0.1) is 5.41 Å². The number of hydrogen-bond acceptors (Lipinski definition) is 1. The number of hydrogen-bond donors (Lipinski definition) is 1. The summed E-state index contributed by atoms with van der Waals surface area (Å²) in [5, 5.41) is 10.5. The largest absolute Gasteiger partial charge is 0.392 e. The van der Waals surface area contributed by atoms with Crippen LogP contribution in [0.25, 0.3) is 0 Å². The summed E-state index contributed by atoms with van der Waals surface area (Å²) in [6.45, 7) is 2.22. The molecule has 0 bridgehead atoms. The molecule has 1 fully saturated rings. The third kappa shape index (κ3) is 2.30. The number of benzene rings is 1. The minimum Gasteiger partial charge on any atom is -0.392 e. The van der Waals surface area contributed by atoms with Gasteiger partial charge in [0.15, 0.2) is 0 Å². The highest BCUT2D eigenvalue weighted by atomic mass is 16.3. The highest BCUT2D eigenvalue weighted by Crippen LogP contribution is 2.44. The zero-order chi connectivity index (χ0) is 11.4. The van der Waals surface area contributed by atoms with Crippen LogP contribution in [0.3, 0.4) is 0 Å². The first kappa shape index (κ1) is 11.7. The first-order chi connectivity index (χ1) is 7.77. The maximum atomic E-state index is 10.5. The van der Waals surface area contributed by atoms with Crippen LogP contribution in [0.4, 0.5) is 0 Å². The van der Waals surface area contributed by atoms with Gasteiger partial charge in [0.05, 0.1) is 6.10 Å². The minimum atomic E-state index is -0.164. The number of aliphatic hydroxyl groups is 1. The van der Waals surface area contributed by atoms with Gasteiger partial charge < -0.3 is 5.11 Å². The zero-order valence-electron chi connectivity index (χ0n) is 10.2. The van der Waals surface area contributed by atoms with E-state index in [0.717, 1.165) is 12.8 Å². The second kappa shape index (κ2) is 5.01. The zero-order valence-corrected chi connectivity index (χ0v) is 10.2. The summed E-state index contributed by atoms with van der Waals surface area (Å²) in [4.78, 5) is 0. The van der Waals surface area contributed by atoms with E-state index < -0.39 is 0 Å². The lowest BCUT2D eigenvalue weighted by atomic mass is 9.76. The van der Waals surface area contributed by atoms with E-state index in [1.807, 2.05) is 6.07 Å². The molecular formula is C15H22O. The van der Waals surface area contributed by atoms with Gasteiger partial charge in [0.2, 0.25) is 0 Å². The predicted molar refractivity (Wildman–Crippen MR) is 67.3 cm³/mol. The molecule has 1 unspecified atom stereocenters. The number of rotatable bonds is 4. The third-order valence-corrected chi connectivity index (χ3v) is 4.28. The van der Waals surface area contributed by atoms with Crippen LogP contribution < -0.4 is 0 Å². The fraction of sp³-hybridized carbons (Fsp3) is 0.600. The van der Waals surface area contributed by atoms with E-state index in [1.54, 1.807) is 0 Å². The predicted octanol–water partition coefficient (Wildman–Crippen LogP) is 3.56. The topological polar surface area (TPSA) is 20.2 Å². The number of aliphatic hydroxyl groups excluding tert-OH is 1. The maximum absolute atomic E-state index is 10.5. The van der Waals surface area contributed by atoms with Gasteiger partial charge in [-0.2, -0.15) is 0 Å². The summed E-state index contributed by atoms with van der Waals surface area (Å²) in [6, 6.07) is 10.4. The standard InChI is InChI=1S/C15H22O/c1-2-15(10-6-7-11-15)14(16)12-13-8-4-3-5-9-13/h3-5,8-9,14,16H,2,6-7,10-12H2,1H3. The molecule has 1 aromatic rings. The second-order valence-corrected chi connectivity index (χ2v) is 5.13. The molecule has 1 nitrogen and oxygen atoms in total. The van der Waals surface area contributed by atoms with Crippen molar-refractivity contribution in [2.75, 3.05) is 0 Å². The van der Waals surface area contributed by atoms with Crippen LogP contribution in [-0.4, -0.2) is 11.2 Å². The van der Waals surface area contributed by atoms with Gasteiger partial charge in [-0.15, -0.1) is 0 Å². The van der Waals surface area contributed by atoms with E-state index in [9.17, 15) is 5.11 Å². The molecule has 0 aliphatic heterocycles. The molecule has 0 amide bonds. The average molecular weight is 218 g/mol.